The summed E-state index contributed by atoms with van der Waals surface area (Å²) in [5.41, 5.74) is -0.133. The van der Waals surface area contributed by atoms with Crippen LogP contribution in [-0.2, 0) is 17.8 Å². The fourth-order valence-corrected chi connectivity index (χ4v) is 3.43. The number of nitrogens with zero attached hydrogens (tertiary/aromatic N) is 1. The Morgan fingerprint density at radius 3 is 2.44 bits per heavy atom. The highest BCUT2D eigenvalue weighted by atomic mass is 32.1. The van der Waals surface area contributed by atoms with Crippen LogP contribution in [0.1, 0.15) is 42.4 Å². The zero-order chi connectivity index (χ0) is 23.3. The van der Waals surface area contributed by atoms with Gasteiger partial charge in [-0.3, -0.25) is 9.59 Å². The van der Waals surface area contributed by atoms with Crippen LogP contribution in [0.2, 0.25) is 0 Å². The molecule has 168 valence electrons. The molecule has 0 spiro atoms. The van der Waals surface area contributed by atoms with E-state index < -0.39 is 28.9 Å². The third kappa shape index (κ3) is 6.17. The maximum Gasteiger partial charge on any atom is 0.407 e. The van der Waals surface area contributed by atoms with Crippen LogP contribution >= 0.6 is 11.3 Å². The van der Waals surface area contributed by atoms with Gasteiger partial charge < -0.3 is 25.5 Å². The van der Waals surface area contributed by atoms with E-state index in [-0.39, 0.29) is 24.6 Å². The molecule has 3 aromatic rings. The molecule has 10 heteroatoms. The summed E-state index contributed by atoms with van der Waals surface area (Å²) in [6.45, 7) is 5.75. The molecule has 0 aliphatic rings. The normalized spacial score (nSPS) is 11.1. The molecule has 32 heavy (non-hydrogen) atoms. The fraction of sp³-hybridized carbons (Fsp3) is 0.273. The van der Waals surface area contributed by atoms with Gasteiger partial charge in [-0.05, 0) is 43.3 Å². The molecule has 0 saturated heterocycles. The number of thiophene rings is 1. The number of amides is 2. The Kier molecular flexibility index (Phi) is 6.94. The van der Waals surface area contributed by atoms with Crippen LogP contribution in [0.25, 0.3) is 10.7 Å². The van der Waals surface area contributed by atoms with E-state index in [0.29, 0.717) is 4.88 Å². The average Bonchev–Trinajstić information content (AvgIpc) is 3.26. The van der Waals surface area contributed by atoms with Crippen LogP contribution < -0.4 is 16.2 Å². The maximum atomic E-state index is 12.6. The lowest BCUT2D eigenvalue weighted by molar-refractivity contribution is 0.0523. The summed E-state index contributed by atoms with van der Waals surface area (Å²) in [5.74, 6) is -1.20. The van der Waals surface area contributed by atoms with Crippen molar-refractivity contribution in [1.29, 1.82) is 0 Å². The third-order valence-corrected chi connectivity index (χ3v) is 5.02. The average molecular weight is 457 g/mol. The first-order valence-electron chi connectivity index (χ1n) is 9.82. The van der Waals surface area contributed by atoms with Gasteiger partial charge in [-0.25, -0.2) is 9.78 Å². The zero-order valence-corrected chi connectivity index (χ0v) is 18.7. The first-order chi connectivity index (χ1) is 15.1. The number of hydrogen-bond donors (Lipinski definition) is 4. The lowest BCUT2D eigenvalue weighted by Crippen LogP contribution is -2.32. The number of rotatable bonds is 6. The molecule has 4 N–H and O–H groups in total. The van der Waals surface area contributed by atoms with Crippen LogP contribution in [0, 0.1) is 0 Å². The summed E-state index contributed by atoms with van der Waals surface area (Å²) in [7, 11) is 0. The molecule has 2 amide bonds. The first-order valence-corrected chi connectivity index (χ1v) is 10.7. The smallest absolute Gasteiger partial charge is 0.407 e. The van der Waals surface area contributed by atoms with E-state index >= 15 is 0 Å². The van der Waals surface area contributed by atoms with Gasteiger partial charge in [0.1, 0.15) is 5.60 Å². The molecule has 3 rings (SSSR count). The van der Waals surface area contributed by atoms with E-state index in [0.717, 1.165) is 11.1 Å². The SMILES string of the molecule is CC(C)(C)OC(=O)NCc1cccc(CNC(=O)c2nc(-c3cccs3)[nH]c(=O)c2O)c1. The van der Waals surface area contributed by atoms with Crippen molar-refractivity contribution in [3.63, 3.8) is 0 Å². The summed E-state index contributed by atoms with van der Waals surface area (Å²) >= 11 is 1.35. The second-order valence-electron chi connectivity index (χ2n) is 7.95. The number of nitrogens with one attached hydrogen (secondary N) is 3. The Bertz CT molecular complexity index is 1170. The van der Waals surface area contributed by atoms with E-state index in [2.05, 4.69) is 20.6 Å². The maximum absolute atomic E-state index is 12.6. The van der Waals surface area contributed by atoms with Gasteiger partial charge in [-0.1, -0.05) is 30.3 Å². The Balaban J connectivity index is 1.65. The summed E-state index contributed by atoms with van der Waals surface area (Å²) in [6.07, 6.45) is -0.520. The molecular weight excluding hydrogens is 432 g/mol. The fourth-order valence-electron chi connectivity index (χ4n) is 2.76. The van der Waals surface area contributed by atoms with Gasteiger partial charge in [0, 0.05) is 13.1 Å². The number of benzene rings is 1. The van der Waals surface area contributed by atoms with Crippen molar-refractivity contribution in [2.45, 2.75) is 39.5 Å². The standard InChI is InChI=1S/C22H24N4O5S/c1-22(2,3)31-21(30)24-12-14-7-4-6-13(10-14)11-23-19(28)16-17(27)20(29)26-18(25-16)15-8-5-9-32-15/h4-10,27H,11-12H2,1-3H3,(H,23,28)(H,24,30)(H,25,26,29). The number of carbonyl (C=O) groups excluding carboxylic acids is 2. The molecule has 0 aliphatic heterocycles. The largest absolute Gasteiger partial charge is 0.501 e. The van der Waals surface area contributed by atoms with E-state index in [1.807, 2.05) is 17.5 Å². The van der Waals surface area contributed by atoms with Gasteiger partial charge >= 0.3 is 6.09 Å². The van der Waals surface area contributed by atoms with E-state index in [4.69, 9.17) is 4.74 Å². The van der Waals surface area contributed by atoms with Crippen molar-refractivity contribution in [2.75, 3.05) is 0 Å². The molecule has 2 aromatic heterocycles. The molecule has 9 nitrogen and oxygen atoms in total. The highest BCUT2D eigenvalue weighted by Crippen LogP contribution is 2.21. The Morgan fingerprint density at radius 2 is 1.81 bits per heavy atom. The second kappa shape index (κ2) is 9.65. The van der Waals surface area contributed by atoms with Crippen molar-refractivity contribution in [3.05, 3.63) is 69.0 Å². The minimum Gasteiger partial charge on any atom is -0.501 e. The molecule has 0 bridgehead atoms. The molecule has 0 fully saturated rings. The van der Waals surface area contributed by atoms with Crippen molar-refractivity contribution >= 4 is 23.3 Å². The Labute approximate surface area is 188 Å². The highest BCUT2D eigenvalue weighted by Gasteiger charge is 2.19. The summed E-state index contributed by atoms with van der Waals surface area (Å²) in [4.78, 5) is 43.7. The first kappa shape index (κ1) is 23.0. The molecular formula is C22H24N4O5S. The van der Waals surface area contributed by atoms with Gasteiger partial charge in [0.25, 0.3) is 11.5 Å². The summed E-state index contributed by atoms with van der Waals surface area (Å²) in [5, 5.41) is 17.2. The number of aromatic hydroxyl groups is 1. The van der Waals surface area contributed by atoms with Gasteiger partial charge in [0.05, 0.1) is 4.88 Å². The third-order valence-electron chi connectivity index (χ3n) is 4.14. The minimum absolute atomic E-state index is 0.140. The summed E-state index contributed by atoms with van der Waals surface area (Å²) < 4.78 is 5.21. The van der Waals surface area contributed by atoms with Crippen LogP contribution in [0.15, 0.2) is 46.6 Å². The molecule has 0 saturated carbocycles. The zero-order valence-electron chi connectivity index (χ0n) is 17.9. The van der Waals surface area contributed by atoms with Crippen LogP contribution in [-0.4, -0.2) is 32.7 Å². The lowest BCUT2D eigenvalue weighted by Gasteiger charge is -2.19. The van der Waals surface area contributed by atoms with Crippen LogP contribution in [0.4, 0.5) is 4.79 Å². The van der Waals surface area contributed by atoms with Gasteiger partial charge in [-0.15, -0.1) is 11.3 Å². The van der Waals surface area contributed by atoms with Gasteiger partial charge in [-0.2, -0.15) is 0 Å². The molecule has 0 unspecified atom stereocenters. The van der Waals surface area contributed by atoms with Crippen LogP contribution in [0.5, 0.6) is 5.75 Å². The Morgan fingerprint density at radius 1 is 1.12 bits per heavy atom. The number of aromatic nitrogens is 2. The molecule has 0 atom stereocenters. The monoisotopic (exact) mass is 456 g/mol. The quantitative estimate of drug-likeness (QED) is 0.450. The second-order valence-corrected chi connectivity index (χ2v) is 8.89. The lowest BCUT2D eigenvalue weighted by atomic mass is 10.1. The number of H-pyrrole nitrogens is 1. The van der Waals surface area contributed by atoms with E-state index in [1.54, 1.807) is 45.0 Å². The molecule has 2 heterocycles. The number of carbonyl (C=O) groups is 2. The van der Waals surface area contributed by atoms with E-state index in [1.165, 1.54) is 11.3 Å². The van der Waals surface area contributed by atoms with E-state index in [9.17, 15) is 19.5 Å². The van der Waals surface area contributed by atoms with Gasteiger partial charge in [0.2, 0.25) is 5.75 Å². The molecule has 1 aromatic carbocycles. The predicted octanol–water partition coefficient (Wildman–Crippen LogP) is 3.16. The number of alkyl carbamates (subject to hydrolysis) is 1. The van der Waals surface area contributed by atoms with Gasteiger partial charge in [0.15, 0.2) is 11.5 Å². The highest BCUT2D eigenvalue weighted by molar-refractivity contribution is 7.13. The number of aromatic amines is 1. The Hall–Kier alpha value is -3.66. The summed E-state index contributed by atoms with van der Waals surface area (Å²) in [6, 6.07) is 10.8. The predicted molar refractivity (Wildman–Crippen MR) is 121 cm³/mol. The molecule has 0 aliphatic carbocycles. The minimum atomic E-state index is -0.788. The van der Waals surface area contributed by atoms with Crippen LogP contribution in [0.3, 0.4) is 0 Å². The number of hydrogen-bond acceptors (Lipinski definition) is 7. The van der Waals surface area contributed by atoms with Crippen molar-refractivity contribution < 1.29 is 19.4 Å². The van der Waals surface area contributed by atoms with Crippen molar-refractivity contribution in [3.8, 4) is 16.5 Å². The van der Waals surface area contributed by atoms with Crippen molar-refractivity contribution in [2.24, 2.45) is 0 Å². The van der Waals surface area contributed by atoms with Crippen molar-refractivity contribution in [1.82, 2.24) is 20.6 Å². The number of ether oxygens (including phenoxy) is 1. The topological polar surface area (TPSA) is 133 Å². The molecule has 0 radical (unpaired) electrons.